The molecule has 0 bridgehead atoms. The van der Waals surface area contributed by atoms with Crippen LogP contribution in [0.4, 0.5) is 0 Å². The molecule has 0 radical (unpaired) electrons. The quantitative estimate of drug-likeness (QED) is 0.571. The molecular formula is C12H8N6O2S. The predicted octanol–water partition coefficient (Wildman–Crippen LogP) is 1.06. The molecule has 0 atom stereocenters. The summed E-state index contributed by atoms with van der Waals surface area (Å²) in [6.07, 6.45) is 0. The molecule has 2 aromatic carbocycles. The molecule has 0 aliphatic rings. The van der Waals surface area contributed by atoms with Crippen LogP contribution in [-0.4, -0.2) is 39.2 Å². The molecule has 0 saturated carbocycles. The lowest BCUT2D eigenvalue weighted by Crippen LogP contribution is -2.01. The normalized spacial score (nSPS) is 12.2. The summed E-state index contributed by atoms with van der Waals surface area (Å²) in [7, 11) is -3.64. The van der Waals surface area contributed by atoms with Gasteiger partial charge in [-0.25, -0.2) is 8.42 Å². The van der Waals surface area contributed by atoms with E-state index in [4.69, 9.17) is 0 Å². The van der Waals surface area contributed by atoms with Gasteiger partial charge in [0.15, 0.2) is 0 Å². The summed E-state index contributed by atoms with van der Waals surface area (Å²) < 4.78 is 25.3. The second-order valence-corrected chi connectivity index (χ2v) is 6.40. The fourth-order valence-corrected chi connectivity index (χ4v) is 3.41. The summed E-state index contributed by atoms with van der Waals surface area (Å²) in [5.74, 6) is 0. The van der Waals surface area contributed by atoms with Gasteiger partial charge < -0.3 is 0 Å². The molecule has 4 aromatic rings. The Kier molecular flexibility index (Phi) is 2.33. The van der Waals surface area contributed by atoms with Crippen LogP contribution in [0.2, 0.25) is 0 Å². The van der Waals surface area contributed by atoms with Gasteiger partial charge in [-0.3, -0.25) is 0 Å². The molecule has 0 aliphatic carbocycles. The molecule has 2 N–H and O–H groups in total. The number of hydrogen-bond donors (Lipinski definition) is 2. The molecule has 21 heavy (non-hydrogen) atoms. The maximum absolute atomic E-state index is 12.6. The van der Waals surface area contributed by atoms with Gasteiger partial charge in [0.25, 0.3) is 0 Å². The number of H-pyrrole nitrogens is 2. The first-order valence-electron chi connectivity index (χ1n) is 6.01. The maximum Gasteiger partial charge on any atom is 0.206 e. The van der Waals surface area contributed by atoms with Gasteiger partial charge in [-0.15, -0.1) is 0 Å². The highest BCUT2D eigenvalue weighted by molar-refractivity contribution is 7.91. The Bertz CT molecular complexity index is 985. The molecule has 2 aromatic heterocycles. The molecule has 4 rings (SSSR count). The number of nitrogens with one attached hydrogen (secondary N) is 2. The SMILES string of the molecule is O=S(=O)(c1ccc2n[nH]nc2c1)c1ccc2n[nH]nc2c1. The molecule has 0 spiro atoms. The summed E-state index contributed by atoms with van der Waals surface area (Å²) >= 11 is 0. The van der Waals surface area contributed by atoms with Gasteiger partial charge in [0.2, 0.25) is 9.84 Å². The molecule has 9 heteroatoms. The number of aromatic amines is 2. The van der Waals surface area contributed by atoms with Crippen molar-refractivity contribution in [2.45, 2.75) is 9.79 Å². The zero-order valence-electron chi connectivity index (χ0n) is 10.5. The first-order chi connectivity index (χ1) is 10.1. The first kappa shape index (κ1) is 12.0. The topological polar surface area (TPSA) is 117 Å². The third-order valence-corrected chi connectivity index (χ3v) is 4.95. The highest BCUT2D eigenvalue weighted by atomic mass is 32.2. The molecule has 2 heterocycles. The molecule has 8 nitrogen and oxygen atoms in total. The second-order valence-electron chi connectivity index (χ2n) is 4.45. The Morgan fingerprint density at radius 1 is 0.667 bits per heavy atom. The molecule has 0 aliphatic heterocycles. The zero-order valence-corrected chi connectivity index (χ0v) is 11.3. The maximum atomic E-state index is 12.6. The summed E-state index contributed by atoms with van der Waals surface area (Å²) in [5, 5.41) is 20.5. The van der Waals surface area contributed by atoms with Crippen LogP contribution in [0.3, 0.4) is 0 Å². The Hall–Kier alpha value is -2.81. The van der Waals surface area contributed by atoms with Crippen molar-refractivity contribution in [3.05, 3.63) is 36.4 Å². The predicted molar refractivity (Wildman–Crippen MR) is 73.2 cm³/mol. The van der Waals surface area contributed by atoms with E-state index in [1.807, 2.05) is 0 Å². The van der Waals surface area contributed by atoms with Gasteiger partial charge in [-0.1, -0.05) is 0 Å². The van der Waals surface area contributed by atoms with Crippen molar-refractivity contribution < 1.29 is 8.42 Å². The zero-order chi connectivity index (χ0) is 14.4. The summed E-state index contributed by atoms with van der Waals surface area (Å²) in [6, 6.07) is 9.21. The van der Waals surface area contributed by atoms with E-state index in [9.17, 15) is 8.42 Å². The average molecular weight is 300 g/mol. The molecule has 0 saturated heterocycles. The molecule has 0 unspecified atom stereocenters. The van der Waals surface area contributed by atoms with Gasteiger partial charge in [0.05, 0.1) is 9.79 Å². The number of rotatable bonds is 2. The second kappa shape index (κ2) is 4.09. The minimum atomic E-state index is -3.64. The summed E-state index contributed by atoms with van der Waals surface area (Å²) in [4.78, 5) is 0.318. The fraction of sp³-hybridized carbons (Fsp3) is 0. The van der Waals surface area contributed by atoms with Crippen LogP contribution in [0.1, 0.15) is 0 Å². The van der Waals surface area contributed by atoms with E-state index in [0.717, 1.165) is 0 Å². The minimum absolute atomic E-state index is 0.159. The first-order valence-corrected chi connectivity index (χ1v) is 7.49. The van der Waals surface area contributed by atoms with Gasteiger partial charge in [0.1, 0.15) is 22.1 Å². The fourth-order valence-electron chi connectivity index (χ4n) is 2.11. The lowest BCUT2D eigenvalue weighted by Gasteiger charge is -2.04. The van der Waals surface area contributed by atoms with Gasteiger partial charge in [-0.2, -0.15) is 30.8 Å². The Balaban J connectivity index is 1.91. The van der Waals surface area contributed by atoms with Crippen molar-refractivity contribution in [3.63, 3.8) is 0 Å². The van der Waals surface area contributed by atoms with Crippen LogP contribution in [0.25, 0.3) is 22.1 Å². The number of hydrogen-bond acceptors (Lipinski definition) is 6. The number of benzene rings is 2. The number of fused-ring (bicyclic) bond motifs is 2. The van der Waals surface area contributed by atoms with E-state index in [2.05, 4.69) is 30.8 Å². The molecule has 0 amide bonds. The van der Waals surface area contributed by atoms with E-state index in [-0.39, 0.29) is 9.79 Å². The van der Waals surface area contributed by atoms with Crippen molar-refractivity contribution in [2.24, 2.45) is 0 Å². The molecule has 0 fully saturated rings. The Morgan fingerprint density at radius 2 is 1.10 bits per heavy atom. The van der Waals surface area contributed by atoms with Crippen LogP contribution >= 0.6 is 0 Å². The van der Waals surface area contributed by atoms with E-state index in [1.165, 1.54) is 24.3 Å². The van der Waals surface area contributed by atoms with Crippen molar-refractivity contribution in [1.82, 2.24) is 30.8 Å². The monoisotopic (exact) mass is 300 g/mol. The number of sulfone groups is 1. The van der Waals surface area contributed by atoms with E-state index >= 15 is 0 Å². The minimum Gasteiger partial charge on any atom is -0.219 e. The Labute approximate surface area is 118 Å². The molecular weight excluding hydrogens is 292 g/mol. The van der Waals surface area contributed by atoms with Crippen molar-refractivity contribution in [3.8, 4) is 0 Å². The lowest BCUT2D eigenvalue weighted by atomic mass is 10.3. The van der Waals surface area contributed by atoms with Gasteiger partial charge in [-0.05, 0) is 36.4 Å². The van der Waals surface area contributed by atoms with Crippen LogP contribution in [0, 0.1) is 0 Å². The summed E-state index contributed by atoms with van der Waals surface area (Å²) in [5.41, 5.74) is 2.22. The van der Waals surface area contributed by atoms with Crippen LogP contribution in [-0.2, 0) is 9.84 Å². The smallest absolute Gasteiger partial charge is 0.206 e. The van der Waals surface area contributed by atoms with Gasteiger partial charge >= 0.3 is 0 Å². The highest BCUT2D eigenvalue weighted by Crippen LogP contribution is 2.24. The van der Waals surface area contributed by atoms with Crippen LogP contribution in [0.5, 0.6) is 0 Å². The van der Waals surface area contributed by atoms with Crippen molar-refractivity contribution >= 4 is 31.9 Å². The largest absolute Gasteiger partial charge is 0.219 e. The van der Waals surface area contributed by atoms with E-state index < -0.39 is 9.84 Å². The summed E-state index contributed by atoms with van der Waals surface area (Å²) in [6.45, 7) is 0. The van der Waals surface area contributed by atoms with Gasteiger partial charge in [0, 0.05) is 0 Å². The van der Waals surface area contributed by atoms with E-state index in [0.29, 0.717) is 22.1 Å². The number of aromatic nitrogens is 6. The van der Waals surface area contributed by atoms with E-state index in [1.54, 1.807) is 12.1 Å². The van der Waals surface area contributed by atoms with Crippen molar-refractivity contribution in [1.29, 1.82) is 0 Å². The van der Waals surface area contributed by atoms with Crippen LogP contribution in [0.15, 0.2) is 46.2 Å². The van der Waals surface area contributed by atoms with Crippen molar-refractivity contribution in [2.75, 3.05) is 0 Å². The number of nitrogens with zero attached hydrogens (tertiary/aromatic N) is 4. The highest BCUT2D eigenvalue weighted by Gasteiger charge is 2.19. The molecule has 104 valence electrons. The Morgan fingerprint density at radius 3 is 1.57 bits per heavy atom. The van der Waals surface area contributed by atoms with Crippen LogP contribution < -0.4 is 0 Å². The third-order valence-electron chi connectivity index (χ3n) is 3.20. The average Bonchev–Trinajstić information content (AvgIpc) is 3.14. The third kappa shape index (κ3) is 1.78. The standard InChI is InChI=1S/C12H8N6O2S/c19-21(20,7-1-3-9-11(5-7)15-17-13-9)8-2-4-10-12(6-8)16-18-14-10/h1-6H,(H,13,15,17)(H,14,16,18). The lowest BCUT2D eigenvalue weighted by molar-refractivity contribution is 0.596.